The minimum atomic E-state index is 0.118. The molecule has 1 aliphatic rings. The zero-order valence-electron chi connectivity index (χ0n) is 14.7. The number of carbonyl (C=O) groups is 1. The van der Waals surface area contributed by atoms with Gasteiger partial charge in [-0.1, -0.05) is 12.1 Å². The Morgan fingerprint density at radius 2 is 1.73 bits per heavy atom. The summed E-state index contributed by atoms with van der Waals surface area (Å²) in [4.78, 5) is 15.1. The summed E-state index contributed by atoms with van der Waals surface area (Å²) in [5, 5.41) is 8.52. The van der Waals surface area contributed by atoms with Crippen LogP contribution in [-0.2, 0) is 13.1 Å². The Balaban J connectivity index is 1.46. The summed E-state index contributed by atoms with van der Waals surface area (Å²) in [7, 11) is 0. The van der Waals surface area contributed by atoms with E-state index < -0.39 is 0 Å². The van der Waals surface area contributed by atoms with Crippen LogP contribution in [0.1, 0.15) is 35.2 Å². The van der Waals surface area contributed by atoms with Crippen molar-refractivity contribution >= 4 is 5.91 Å². The van der Waals surface area contributed by atoms with Gasteiger partial charge < -0.3 is 4.90 Å². The first-order valence-electron chi connectivity index (χ1n) is 9.14. The van der Waals surface area contributed by atoms with Crippen molar-refractivity contribution < 1.29 is 4.79 Å². The second-order valence-corrected chi connectivity index (χ2v) is 6.78. The summed E-state index contributed by atoms with van der Waals surface area (Å²) in [6.45, 7) is 2.29. The van der Waals surface area contributed by atoms with E-state index in [-0.39, 0.29) is 11.9 Å². The molecule has 1 aliphatic heterocycles. The molecule has 2 aromatic heterocycles. The Morgan fingerprint density at radius 3 is 2.42 bits per heavy atom. The molecule has 3 heterocycles. The predicted octanol–water partition coefficient (Wildman–Crippen LogP) is 2.82. The van der Waals surface area contributed by atoms with Gasteiger partial charge in [0.1, 0.15) is 0 Å². The van der Waals surface area contributed by atoms with Crippen molar-refractivity contribution in [2.45, 2.75) is 38.4 Å². The Hall–Kier alpha value is -2.89. The first kappa shape index (κ1) is 16.6. The van der Waals surface area contributed by atoms with Gasteiger partial charge in [0, 0.05) is 36.9 Å². The van der Waals surface area contributed by atoms with Crippen molar-refractivity contribution in [3.05, 3.63) is 72.3 Å². The molecule has 6 nitrogen and oxygen atoms in total. The molecule has 0 saturated carbocycles. The number of rotatable bonds is 5. The molecule has 0 radical (unpaired) electrons. The predicted molar refractivity (Wildman–Crippen MR) is 98.7 cm³/mol. The fourth-order valence-corrected chi connectivity index (χ4v) is 3.58. The van der Waals surface area contributed by atoms with Crippen LogP contribution in [0.15, 0.2) is 61.2 Å². The third kappa shape index (κ3) is 3.69. The summed E-state index contributed by atoms with van der Waals surface area (Å²) in [6.07, 6.45) is 10.7. The van der Waals surface area contributed by atoms with Crippen molar-refractivity contribution in [2.75, 3.05) is 6.54 Å². The molecule has 1 saturated heterocycles. The van der Waals surface area contributed by atoms with Gasteiger partial charge in [-0.2, -0.15) is 10.2 Å². The molecule has 3 aromatic rings. The molecular formula is C20H23N5O. The summed E-state index contributed by atoms with van der Waals surface area (Å²) in [6, 6.07) is 11.9. The molecule has 0 bridgehead atoms. The number of hydrogen-bond donors (Lipinski definition) is 0. The summed E-state index contributed by atoms with van der Waals surface area (Å²) < 4.78 is 3.80. The average molecular weight is 349 g/mol. The van der Waals surface area contributed by atoms with Gasteiger partial charge >= 0.3 is 0 Å². The van der Waals surface area contributed by atoms with Crippen molar-refractivity contribution in [3.63, 3.8) is 0 Å². The molecule has 0 unspecified atom stereocenters. The number of nitrogens with zero attached hydrogens (tertiary/aromatic N) is 5. The summed E-state index contributed by atoms with van der Waals surface area (Å²) in [5.41, 5.74) is 1.89. The third-order valence-corrected chi connectivity index (χ3v) is 4.95. The van der Waals surface area contributed by atoms with Gasteiger partial charge in [0.2, 0.25) is 0 Å². The molecule has 4 rings (SSSR count). The normalized spacial score (nSPS) is 17.4. The highest BCUT2D eigenvalue weighted by molar-refractivity contribution is 5.94. The fourth-order valence-electron chi connectivity index (χ4n) is 3.58. The zero-order chi connectivity index (χ0) is 17.8. The van der Waals surface area contributed by atoms with E-state index in [1.165, 1.54) is 6.42 Å². The van der Waals surface area contributed by atoms with Crippen LogP contribution in [0.4, 0.5) is 0 Å². The molecule has 134 valence electrons. The van der Waals surface area contributed by atoms with Gasteiger partial charge in [-0.15, -0.1) is 0 Å². The number of aromatic nitrogens is 4. The third-order valence-electron chi connectivity index (χ3n) is 4.95. The first-order chi connectivity index (χ1) is 12.8. The van der Waals surface area contributed by atoms with E-state index in [0.717, 1.165) is 37.1 Å². The molecule has 1 amide bonds. The molecule has 1 aromatic carbocycles. The van der Waals surface area contributed by atoms with Crippen LogP contribution in [0.5, 0.6) is 0 Å². The molecule has 0 spiro atoms. The minimum absolute atomic E-state index is 0.118. The van der Waals surface area contributed by atoms with Crippen LogP contribution in [-0.4, -0.2) is 43.0 Å². The number of likely N-dealkylation sites (tertiary alicyclic amines) is 1. The Bertz CT molecular complexity index is 824. The first-order valence-corrected chi connectivity index (χ1v) is 9.14. The van der Waals surface area contributed by atoms with E-state index in [4.69, 9.17) is 0 Å². The molecule has 6 heteroatoms. The van der Waals surface area contributed by atoms with Crippen molar-refractivity contribution in [2.24, 2.45) is 0 Å². The van der Waals surface area contributed by atoms with Crippen LogP contribution < -0.4 is 0 Å². The van der Waals surface area contributed by atoms with Crippen LogP contribution in [0, 0.1) is 0 Å². The standard InChI is InChI=1S/C20H23N5O/c26-20(18-8-6-17(7-9-18)15-23-12-3-10-21-23)25-14-2-1-5-19(25)16-24-13-4-11-22-24/h3-4,6-13,19H,1-2,5,14-16H2/t19-/m1/s1. The van der Waals surface area contributed by atoms with Crippen LogP contribution in [0.25, 0.3) is 0 Å². The highest BCUT2D eigenvalue weighted by Crippen LogP contribution is 2.21. The largest absolute Gasteiger partial charge is 0.334 e. The molecule has 1 fully saturated rings. The van der Waals surface area contributed by atoms with E-state index in [2.05, 4.69) is 10.2 Å². The summed E-state index contributed by atoms with van der Waals surface area (Å²) >= 11 is 0. The lowest BCUT2D eigenvalue weighted by atomic mass is 10.0. The highest BCUT2D eigenvalue weighted by atomic mass is 16.2. The number of piperidine rings is 1. The van der Waals surface area contributed by atoms with Gasteiger partial charge in [0.15, 0.2) is 0 Å². The van der Waals surface area contributed by atoms with Crippen LogP contribution in [0.2, 0.25) is 0 Å². The number of benzene rings is 1. The minimum Gasteiger partial charge on any atom is -0.334 e. The van der Waals surface area contributed by atoms with E-state index in [1.807, 2.05) is 63.1 Å². The van der Waals surface area contributed by atoms with Crippen LogP contribution in [0.3, 0.4) is 0 Å². The van der Waals surface area contributed by atoms with Gasteiger partial charge in [-0.25, -0.2) is 0 Å². The van der Waals surface area contributed by atoms with Gasteiger partial charge in [-0.3, -0.25) is 14.2 Å². The lowest BCUT2D eigenvalue weighted by Gasteiger charge is -2.35. The molecule has 26 heavy (non-hydrogen) atoms. The smallest absolute Gasteiger partial charge is 0.254 e. The van der Waals surface area contributed by atoms with Crippen molar-refractivity contribution in [1.29, 1.82) is 0 Å². The molecule has 0 N–H and O–H groups in total. The topological polar surface area (TPSA) is 56.0 Å². The lowest BCUT2D eigenvalue weighted by Crippen LogP contribution is -2.45. The Morgan fingerprint density at radius 1 is 1.00 bits per heavy atom. The SMILES string of the molecule is O=C(c1ccc(Cn2cccn2)cc1)N1CCCC[C@@H]1Cn1cccn1. The second-order valence-electron chi connectivity index (χ2n) is 6.78. The van der Waals surface area contributed by atoms with Gasteiger partial charge in [0.25, 0.3) is 5.91 Å². The maximum absolute atomic E-state index is 13.0. The highest BCUT2D eigenvalue weighted by Gasteiger charge is 2.27. The maximum atomic E-state index is 13.0. The monoisotopic (exact) mass is 349 g/mol. The van der Waals surface area contributed by atoms with E-state index in [9.17, 15) is 4.79 Å². The lowest BCUT2D eigenvalue weighted by molar-refractivity contribution is 0.0584. The van der Waals surface area contributed by atoms with Crippen molar-refractivity contribution in [1.82, 2.24) is 24.5 Å². The van der Waals surface area contributed by atoms with Gasteiger partial charge in [0.05, 0.1) is 19.1 Å². The maximum Gasteiger partial charge on any atom is 0.254 e. The van der Waals surface area contributed by atoms with Crippen LogP contribution >= 0.6 is 0 Å². The number of amides is 1. The van der Waals surface area contributed by atoms with Gasteiger partial charge in [-0.05, 0) is 49.1 Å². The molecule has 1 atom stereocenters. The molecule has 0 aliphatic carbocycles. The van der Waals surface area contributed by atoms with Crippen molar-refractivity contribution in [3.8, 4) is 0 Å². The quantitative estimate of drug-likeness (QED) is 0.712. The van der Waals surface area contributed by atoms with E-state index in [1.54, 1.807) is 12.4 Å². The zero-order valence-corrected chi connectivity index (χ0v) is 14.7. The summed E-state index contributed by atoms with van der Waals surface area (Å²) in [5.74, 6) is 0.118. The Labute approximate surface area is 153 Å². The molecular weight excluding hydrogens is 326 g/mol. The number of hydrogen-bond acceptors (Lipinski definition) is 3. The van der Waals surface area contributed by atoms with E-state index >= 15 is 0 Å². The second kappa shape index (κ2) is 7.56. The number of carbonyl (C=O) groups excluding carboxylic acids is 1. The average Bonchev–Trinajstić information content (AvgIpc) is 3.37. The Kier molecular flexibility index (Phi) is 4.82. The van der Waals surface area contributed by atoms with E-state index in [0.29, 0.717) is 6.54 Å². The fraction of sp³-hybridized carbons (Fsp3) is 0.350.